The fourth-order valence-corrected chi connectivity index (χ4v) is 5.35. The molecule has 41 heavy (non-hydrogen) atoms. The quantitative estimate of drug-likeness (QED) is 0.127. The highest BCUT2D eigenvalue weighted by atomic mass is 31.2. The van der Waals surface area contributed by atoms with Crippen molar-refractivity contribution in [1.29, 1.82) is 0 Å². The van der Waals surface area contributed by atoms with Crippen LogP contribution in [0.3, 0.4) is 0 Å². The van der Waals surface area contributed by atoms with Crippen LogP contribution in [0.25, 0.3) is 0 Å². The van der Waals surface area contributed by atoms with Gasteiger partial charge < -0.3 is 30.7 Å². The number of hydrogen-bond donors (Lipinski definition) is 5. The molecule has 4 amide bonds. The Morgan fingerprint density at radius 3 is 1.56 bits per heavy atom. The lowest BCUT2D eigenvalue weighted by Crippen LogP contribution is -2.52. The number of terminal acetylenes is 3. The number of carbonyl (C=O) groups excluding carboxylic acids is 4. The molecular weight excluding hydrogens is 547 g/mol. The second-order valence-electron chi connectivity index (χ2n) is 10.4. The number of amides is 4. The van der Waals surface area contributed by atoms with Crippen molar-refractivity contribution >= 4 is 31.2 Å². The van der Waals surface area contributed by atoms with E-state index < -0.39 is 30.8 Å². The second-order valence-corrected chi connectivity index (χ2v) is 12.8. The van der Waals surface area contributed by atoms with Crippen molar-refractivity contribution in [1.82, 2.24) is 21.3 Å². The Morgan fingerprint density at radius 1 is 0.829 bits per heavy atom. The molecule has 0 heterocycles. The zero-order valence-electron chi connectivity index (χ0n) is 24.0. The first kappa shape index (κ1) is 35.7. The van der Waals surface area contributed by atoms with Crippen LogP contribution in [0.1, 0.15) is 78.1 Å². The van der Waals surface area contributed by atoms with Gasteiger partial charge in [0.1, 0.15) is 0 Å². The molecule has 1 rings (SSSR count). The zero-order valence-corrected chi connectivity index (χ0v) is 24.9. The van der Waals surface area contributed by atoms with Gasteiger partial charge in [-0.05, 0) is 44.9 Å². The van der Waals surface area contributed by atoms with Crippen molar-refractivity contribution in [2.45, 2.75) is 95.4 Å². The minimum Gasteiger partial charge on any atom is -0.350 e. The van der Waals surface area contributed by atoms with Crippen LogP contribution in [0, 0.1) is 42.9 Å². The number of carbonyl (C=O) groups is 4. The Labute approximate surface area is 243 Å². The third kappa shape index (κ3) is 13.8. The highest BCUT2D eigenvalue weighted by molar-refractivity contribution is 7.53. The maximum Gasteiger partial charge on any atom is 0.330 e. The smallest absolute Gasteiger partial charge is 0.330 e. The van der Waals surface area contributed by atoms with Crippen molar-refractivity contribution in [2.24, 2.45) is 5.92 Å². The summed E-state index contributed by atoms with van der Waals surface area (Å²) in [6.07, 6.45) is 17.4. The zero-order chi connectivity index (χ0) is 30.9. The minimum absolute atomic E-state index is 0.00147. The van der Waals surface area contributed by atoms with Crippen LogP contribution in [0.5, 0.6) is 0 Å². The largest absolute Gasteiger partial charge is 0.350 e. The molecule has 226 valence electrons. The molecule has 12 heteroatoms. The molecule has 0 bridgehead atoms. The molecule has 1 unspecified atom stereocenters. The number of rotatable bonds is 17. The predicted octanol–water partition coefficient (Wildman–Crippen LogP) is 1.60. The van der Waals surface area contributed by atoms with Crippen LogP contribution in [0.15, 0.2) is 0 Å². The van der Waals surface area contributed by atoms with Crippen molar-refractivity contribution in [3.05, 3.63) is 0 Å². The topological polar surface area (TPSA) is 163 Å². The number of hydrogen-bond acceptors (Lipinski definition) is 6. The summed E-state index contributed by atoms with van der Waals surface area (Å²) in [5.74, 6) is 5.32. The van der Waals surface area contributed by atoms with Crippen molar-refractivity contribution in [2.75, 3.05) is 19.6 Å². The molecule has 0 aromatic heterocycles. The average Bonchev–Trinajstić information content (AvgIpc) is 2.94. The molecular formula is C29H43N4O7P. The summed E-state index contributed by atoms with van der Waals surface area (Å²) in [6.45, 7) is 3.37. The summed E-state index contributed by atoms with van der Waals surface area (Å²) in [6, 6.07) is 0. The monoisotopic (exact) mass is 590 g/mol. The summed E-state index contributed by atoms with van der Waals surface area (Å²) >= 11 is 0. The predicted molar refractivity (Wildman–Crippen MR) is 156 cm³/mol. The number of nitrogens with one attached hydrogen (secondary N) is 4. The van der Waals surface area contributed by atoms with Gasteiger partial charge in [-0.1, -0.05) is 31.6 Å². The molecule has 0 saturated heterocycles. The van der Waals surface area contributed by atoms with Gasteiger partial charge in [0.25, 0.3) is 0 Å². The van der Waals surface area contributed by atoms with E-state index in [-0.39, 0.29) is 81.8 Å². The van der Waals surface area contributed by atoms with Crippen LogP contribution in [-0.4, -0.2) is 65.5 Å². The summed E-state index contributed by atoms with van der Waals surface area (Å²) in [4.78, 5) is 60.8. The fraction of sp³-hybridized carbons (Fsp3) is 0.655. The third-order valence-corrected chi connectivity index (χ3v) is 8.95. The van der Waals surface area contributed by atoms with Gasteiger partial charge in [-0.15, -0.1) is 19.3 Å². The molecule has 11 nitrogen and oxygen atoms in total. The molecule has 0 aliphatic heterocycles. The van der Waals surface area contributed by atoms with Crippen LogP contribution >= 0.6 is 7.60 Å². The van der Waals surface area contributed by atoms with Gasteiger partial charge in [-0.25, -0.2) is 0 Å². The third-order valence-electron chi connectivity index (χ3n) is 7.04. The van der Waals surface area contributed by atoms with Gasteiger partial charge >= 0.3 is 7.60 Å². The summed E-state index contributed by atoms with van der Waals surface area (Å²) in [7, 11) is -3.74. The lowest BCUT2D eigenvalue weighted by Gasteiger charge is -2.37. The highest BCUT2D eigenvalue weighted by Crippen LogP contribution is 2.50. The van der Waals surface area contributed by atoms with E-state index in [4.69, 9.17) is 23.8 Å². The first-order valence-electron chi connectivity index (χ1n) is 13.8. The summed E-state index contributed by atoms with van der Waals surface area (Å²) < 4.78 is 17.8. The second kappa shape index (κ2) is 18.2. The van der Waals surface area contributed by atoms with E-state index in [0.717, 1.165) is 0 Å². The van der Waals surface area contributed by atoms with Crippen molar-refractivity contribution in [3.8, 4) is 37.0 Å². The lowest BCUT2D eigenvalue weighted by molar-refractivity contribution is -0.131. The van der Waals surface area contributed by atoms with Gasteiger partial charge in [-0.3, -0.25) is 23.7 Å². The highest BCUT2D eigenvalue weighted by Gasteiger charge is 2.38. The van der Waals surface area contributed by atoms with Crippen molar-refractivity contribution in [3.63, 3.8) is 0 Å². The molecule has 0 aromatic rings. The first-order valence-corrected chi connectivity index (χ1v) is 15.5. The Kier molecular flexibility index (Phi) is 15.9. The van der Waals surface area contributed by atoms with E-state index in [2.05, 4.69) is 39.0 Å². The maximum atomic E-state index is 13.5. The molecule has 5 N–H and O–H groups in total. The van der Waals surface area contributed by atoms with Gasteiger partial charge in [0.05, 0.1) is 31.4 Å². The lowest BCUT2D eigenvalue weighted by atomic mass is 9.81. The van der Waals surface area contributed by atoms with E-state index in [0.29, 0.717) is 25.7 Å². The van der Waals surface area contributed by atoms with Gasteiger partial charge in [-0.2, -0.15) is 0 Å². The molecule has 1 aliphatic rings. The van der Waals surface area contributed by atoms with Gasteiger partial charge in [0, 0.05) is 30.7 Å². The molecule has 1 atom stereocenters. The molecule has 1 fully saturated rings. The van der Waals surface area contributed by atoms with Crippen LogP contribution < -0.4 is 21.3 Å². The molecule has 0 radical (unpaired) electrons. The maximum absolute atomic E-state index is 13.5. The Hall–Kier alpha value is -3.29. The molecule has 1 saturated carbocycles. The first-order chi connectivity index (χ1) is 19.4. The minimum atomic E-state index is -3.74. The SMILES string of the molecule is C#CCNC(=O)CCC(CCC(=O)NCC#C)(CCC(=O)NCC#C)NC(=O)C1CCC(OP(=O)(O)C(C)C)CC1. The van der Waals surface area contributed by atoms with Crippen LogP contribution in [0.4, 0.5) is 0 Å². The standard InChI is InChI=1S/C29H43N4O7P/c1-6-19-30-25(34)13-16-29(17-14-26(35)31-20-7-2,18-15-27(36)32-21-8-3)33-28(37)23-9-11-24(12-10-23)40-41(38,39)22(4)5/h1-3,22-24H,9-21H2,4-5H3,(H,30,34)(H,31,35)(H,32,36)(H,33,37)(H,38,39). The normalized spacial score (nSPS) is 18.1. The Morgan fingerprint density at radius 2 is 1.22 bits per heavy atom. The van der Waals surface area contributed by atoms with E-state index in [1.54, 1.807) is 13.8 Å². The van der Waals surface area contributed by atoms with E-state index in [1.807, 2.05) is 0 Å². The van der Waals surface area contributed by atoms with Crippen molar-refractivity contribution < 1.29 is 33.2 Å². The summed E-state index contributed by atoms with van der Waals surface area (Å²) in [5, 5.41) is 10.8. The fourth-order valence-electron chi connectivity index (χ4n) is 4.46. The Balaban J connectivity index is 3.09. The molecule has 0 aromatic carbocycles. The molecule has 1 aliphatic carbocycles. The molecule has 0 spiro atoms. The van der Waals surface area contributed by atoms with E-state index >= 15 is 0 Å². The van der Waals surface area contributed by atoms with E-state index in [9.17, 15) is 28.6 Å². The van der Waals surface area contributed by atoms with Gasteiger partial charge in [0.2, 0.25) is 23.6 Å². The van der Waals surface area contributed by atoms with E-state index in [1.165, 1.54) is 0 Å². The van der Waals surface area contributed by atoms with Crippen LogP contribution in [-0.2, 0) is 28.3 Å². The summed E-state index contributed by atoms with van der Waals surface area (Å²) in [5.41, 5.74) is -1.60. The average molecular weight is 591 g/mol. The van der Waals surface area contributed by atoms with Crippen LogP contribution in [0.2, 0.25) is 0 Å². The Bertz CT molecular complexity index is 995. The van der Waals surface area contributed by atoms with Gasteiger partial charge in [0.15, 0.2) is 0 Å².